The maximum Gasteiger partial charge on any atom is 0.119 e. The molecule has 0 radical (unpaired) electrons. The van der Waals surface area contributed by atoms with Crippen LogP contribution in [0.4, 0.5) is 0 Å². The second-order valence-electron chi connectivity index (χ2n) is 7.22. The van der Waals surface area contributed by atoms with Crippen LogP contribution in [0.25, 0.3) is 10.2 Å². The zero-order valence-electron chi connectivity index (χ0n) is 15.2. The Morgan fingerprint density at radius 1 is 0.852 bits per heavy atom. The van der Waals surface area contributed by atoms with Crippen LogP contribution in [0.2, 0.25) is 0 Å². The lowest BCUT2D eigenvalue weighted by atomic mass is 9.87. The molecule has 1 aliphatic rings. The summed E-state index contributed by atoms with van der Waals surface area (Å²) in [7, 11) is 0. The summed E-state index contributed by atoms with van der Waals surface area (Å²) in [5, 5.41) is 1.23. The third-order valence-electron chi connectivity index (χ3n) is 5.62. The van der Waals surface area contributed by atoms with Crippen LogP contribution in [0.1, 0.15) is 29.0 Å². The molecule has 1 unspecified atom stereocenters. The molecule has 1 atom stereocenters. The van der Waals surface area contributed by atoms with E-state index in [-0.39, 0.29) is 5.54 Å². The molecule has 2 heterocycles. The Morgan fingerprint density at radius 2 is 1.56 bits per heavy atom. The van der Waals surface area contributed by atoms with Crippen molar-refractivity contribution >= 4 is 21.6 Å². The average Bonchev–Trinajstić information content (AvgIpc) is 3.34. The maximum absolute atomic E-state index is 5.11. The van der Waals surface area contributed by atoms with Crippen LogP contribution < -0.4 is 0 Å². The lowest BCUT2D eigenvalue weighted by Crippen LogP contribution is -2.41. The van der Waals surface area contributed by atoms with Gasteiger partial charge in [0.05, 0.1) is 15.8 Å². The van der Waals surface area contributed by atoms with E-state index in [2.05, 4.69) is 89.8 Å². The maximum atomic E-state index is 5.11. The van der Waals surface area contributed by atoms with Gasteiger partial charge in [-0.05, 0) is 42.6 Å². The van der Waals surface area contributed by atoms with E-state index < -0.39 is 0 Å². The number of hydrogen-bond donors (Lipinski definition) is 0. The smallest absolute Gasteiger partial charge is 0.119 e. The zero-order valence-corrected chi connectivity index (χ0v) is 16.0. The van der Waals surface area contributed by atoms with Gasteiger partial charge in [0.1, 0.15) is 5.01 Å². The summed E-state index contributed by atoms with van der Waals surface area (Å²) in [6.45, 7) is 2.05. The highest BCUT2D eigenvalue weighted by Crippen LogP contribution is 2.47. The van der Waals surface area contributed by atoms with Gasteiger partial charge in [-0.15, -0.1) is 11.3 Å². The van der Waals surface area contributed by atoms with E-state index in [9.17, 15) is 0 Å². The molecule has 3 heteroatoms. The molecule has 134 valence electrons. The van der Waals surface area contributed by atoms with Crippen molar-refractivity contribution < 1.29 is 0 Å². The normalized spacial score (nSPS) is 20.3. The molecule has 0 aliphatic carbocycles. The highest BCUT2D eigenvalue weighted by Gasteiger charge is 2.46. The molecule has 4 aromatic rings. The molecule has 1 fully saturated rings. The van der Waals surface area contributed by atoms with E-state index in [1.54, 1.807) is 0 Å². The van der Waals surface area contributed by atoms with Crippen LogP contribution >= 0.6 is 11.3 Å². The molecule has 5 rings (SSSR count). The number of likely N-dealkylation sites (tertiary alicyclic amines) is 1. The fraction of sp³-hybridized carbons (Fsp3) is 0.208. The van der Waals surface area contributed by atoms with Crippen molar-refractivity contribution in [2.75, 3.05) is 6.54 Å². The molecule has 0 amide bonds. The van der Waals surface area contributed by atoms with Crippen molar-refractivity contribution in [3.05, 3.63) is 101 Å². The fourth-order valence-electron chi connectivity index (χ4n) is 4.35. The van der Waals surface area contributed by atoms with Gasteiger partial charge in [0.2, 0.25) is 0 Å². The number of aromatic nitrogens is 1. The van der Waals surface area contributed by atoms with E-state index in [4.69, 9.17) is 4.98 Å². The van der Waals surface area contributed by atoms with Gasteiger partial charge in [-0.2, -0.15) is 0 Å². The second kappa shape index (κ2) is 6.91. The van der Waals surface area contributed by atoms with E-state index >= 15 is 0 Å². The van der Waals surface area contributed by atoms with Gasteiger partial charge in [0.25, 0.3) is 0 Å². The number of para-hydroxylation sites is 1. The van der Waals surface area contributed by atoms with Gasteiger partial charge >= 0.3 is 0 Å². The van der Waals surface area contributed by atoms with E-state index in [1.807, 2.05) is 11.3 Å². The van der Waals surface area contributed by atoms with Crippen LogP contribution in [0.15, 0.2) is 84.9 Å². The Balaban J connectivity index is 1.66. The molecule has 0 bridgehead atoms. The largest absolute Gasteiger partial charge is 0.284 e. The average molecular weight is 371 g/mol. The SMILES string of the molecule is c1ccc(CN2CCCC2(c2ccccc2)c2nc3ccccc3s2)cc1. The Morgan fingerprint density at radius 3 is 2.33 bits per heavy atom. The Hall–Kier alpha value is -2.49. The van der Waals surface area contributed by atoms with Crippen LogP contribution in [0.5, 0.6) is 0 Å². The first-order valence-corrected chi connectivity index (χ1v) is 10.4. The molecule has 0 saturated carbocycles. The minimum Gasteiger partial charge on any atom is -0.284 e. The topological polar surface area (TPSA) is 16.1 Å². The third kappa shape index (κ3) is 2.88. The van der Waals surface area contributed by atoms with Crippen LogP contribution in [-0.4, -0.2) is 16.4 Å². The number of benzene rings is 3. The van der Waals surface area contributed by atoms with Gasteiger partial charge in [0, 0.05) is 6.54 Å². The van der Waals surface area contributed by atoms with Crippen LogP contribution in [0, 0.1) is 0 Å². The standard InChI is InChI=1S/C24H22N2S/c1-3-10-19(11-4-1)18-26-17-9-16-24(26,20-12-5-2-6-13-20)23-25-21-14-7-8-15-22(21)27-23/h1-8,10-15H,9,16-18H2. The third-order valence-corrected chi connectivity index (χ3v) is 6.81. The van der Waals surface area contributed by atoms with Crippen molar-refractivity contribution in [3.63, 3.8) is 0 Å². The predicted octanol–water partition coefficient (Wildman–Crippen LogP) is 5.84. The van der Waals surface area contributed by atoms with Crippen molar-refractivity contribution in [2.24, 2.45) is 0 Å². The summed E-state index contributed by atoms with van der Waals surface area (Å²) in [5.41, 5.74) is 3.69. The predicted molar refractivity (Wildman–Crippen MR) is 113 cm³/mol. The first-order valence-electron chi connectivity index (χ1n) is 9.57. The molecule has 3 aromatic carbocycles. The van der Waals surface area contributed by atoms with Crippen LogP contribution in [0.3, 0.4) is 0 Å². The Bertz CT molecular complexity index is 1010. The van der Waals surface area contributed by atoms with Crippen molar-refractivity contribution in [3.8, 4) is 0 Å². The summed E-state index contributed by atoms with van der Waals surface area (Å²) in [4.78, 5) is 7.75. The highest BCUT2D eigenvalue weighted by molar-refractivity contribution is 7.18. The van der Waals surface area contributed by atoms with Crippen LogP contribution in [-0.2, 0) is 12.1 Å². The van der Waals surface area contributed by atoms with E-state index in [0.29, 0.717) is 0 Å². The fourth-order valence-corrected chi connectivity index (χ4v) is 5.58. The minimum absolute atomic E-state index is 0.138. The number of thiazole rings is 1. The van der Waals surface area contributed by atoms with Crippen molar-refractivity contribution in [1.29, 1.82) is 0 Å². The van der Waals surface area contributed by atoms with Crippen molar-refractivity contribution in [1.82, 2.24) is 9.88 Å². The monoisotopic (exact) mass is 370 g/mol. The van der Waals surface area contributed by atoms with Gasteiger partial charge in [0.15, 0.2) is 0 Å². The zero-order chi connectivity index (χ0) is 18.1. The first kappa shape index (κ1) is 16.7. The second-order valence-corrected chi connectivity index (χ2v) is 8.25. The number of nitrogens with zero attached hydrogens (tertiary/aromatic N) is 2. The summed E-state index contributed by atoms with van der Waals surface area (Å²) in [6.07, 6.45) is 2.31. The number of fused-ring (bicyclic) bond motifs is 1. The van der Waals surface area contributed by atoms with Gasteiger partial charge in [-0.25, -0.2) is 4.98 Å². The molecule has 1 aliphatic heterocycles. The highest BCUT2D eigenvalue weighted by atomic mass is 32.1. The number of rotatable bonds is 4. The minimum atomic E-state index is -0.138. The summed E-state index contributed by atoms with van der Waals surface area (Å²) in [5.74, 6) is 0. The summed E-state index contributed by atoms with van der Waals surface area (Å²) < 4.78 is 1.27. The summed E-state index contributed by atoms with van der Waals surface area (Å²) >= 11 is 1.85. The molecule has 1 aromatic heterocycles. The molecular formula is C24H22N2S. The molecule has 0 N–H and O–H groups in total. The van der Waals surface area contributed by atoms with Crippen molar-refractivity contribution in [2.45, 2.75) is 24.9 Å². The number of hydrogen-bond acceptors (Lipinski definition) is 3. The van der Waals surface area contributed by atoms with E-state index in [0.717, 1.165) is 25.0 Å². The Kier molecular flexibility index (Phi) is 4.27. The lowest BCUT2D eigenvalue weighted by molar-refractivity contribution is 0.168. The Labute approximate surface area is 164 Å². The lowest BCUT2D eigenvalue weighted by Gasteiger charge is -2.37. The molecule has 2 nitrogen and oxygen atoms in total. The first-order chi connectivity index (χ1) is 13.4. The molecular weight excluding hydrogens is 348 g/mol. The van der Waals surface area contributed by atoms with Gasteiger partial charge in [-0.3, -0.25) is 4.90 Å². The molecule has 1 saturated heterocycles. The van der Waals surface area contributed by atoms with E-state index in [1.165, 1.54) is 27.3 Å². The summed E-state index contributed by atoms with van der Waals surface area (Å²) in [6, 6.07) is 30.3. The molecule has 27 heavy (non-hydrogen) atoms. The molecule has 0 spiro atoms. The quantitative estimate of drug-likeness (QED) is 0.449. The van der Waals surface area contributed by atoms with Gasteiger partial charge in [-0.1, -0.05) is 72.8 Å². The van der Waals surface area contributed by atoms with Gasteiger partial charge < -0.3 is 0 Å².